The van der Waals surface area contributed by atoms with Crippen LogP contribution in [0.4, 0.5) is 0 Å². The Balaban J connectivity index is -0.000000111. The third kappa shape index (κ3) is 66.1. The number of carboxylic acids is 6. The van der Waals surface area contributed by atoms with Crippen molar-refractivity contribution in [2.75, 3.05) is 0 Å². The largest absolute Gasteiger partial charge is 1.00 e. The molecule has 0 amide bonds. The molecule has 0 aliphatic rings. The van der Waals surface area contributed by atoms with Crippen molar-refractivity contribution in [3.63, 3.8) is 0 Å². The van der Waals surface area contributed by atoms with Crippen LogP contribution < -0.4 is 91.6 Å². The first-order chi connectivity index (χ1) is 23.4. The molecule has 17 nitrogen and oxygen atoms in total. The predicted molar refractivity (Wildman–Crippen MR) is 181 cm³/mol. The van der Waals surface area contributed by atoms with Crippen LogP contribution in [0.5, 0.6) is 0 Å². The third-order valence-electron chi connectivity index (χ3n) is 6.94. The summed E-state index contributed by atoms with van der Waals surface area (Å²) >= 11 is 2.27. The predicted octanol–water partition coefficient (Wildman–Crippen LogP) is -6.38. The second-order valence-corrected chi connectivity index (χ2v) is 12.4. The Labute approximate surface area is 366 Å². The van der Waals surface area contributed by atoms with Crippen LogP contribution in [0.25, 0.3) is 0 Å². The summed E-state index contributed by atoms with van der Waals surface area (Å²) in [5.41, 5.74) is 14.8. The van der Waals surface area contributed by atoms with E-state index in [0.29, 0.717) is 0 Å². The standard InChI is InChI=1S/C18H35O.3C5H9NO4.Al.2Na.O/c1-2-3-4-5-6-7-8-9-10-11-12-13-14-15-16-17-18-19;3*6-3(5(9)10)1-2-4(7)8;;;;/h2-17H2,1H3;3*3H,1-2,6H2,(H,7,8)(H,9,10);;;;/q;;;;+2;2*+1;-1/p-3/t;3*3-;;;;/m.000..../s1. The molecule has 53 heavy (non-hydrogen) atoms. The number of carbonyl (C=O) groups is 7. The number of rotatable bonds is 28. The fourth-order valence-corrected chi connectivity index (χ4v) is 4.07. The maximum atomic E-state index is 10.7. The van der Waals surface area contributed by atoms with Crippen molar-refractivity contribution in [1.82, 2.24) is 0 Å². The Morgan fingerprint density at radius 1 is 0.472 bits per heavy atom. The van der Waals surface area contributed by atoms with Gasteiger partial charge in [-0.1, -0.05) is 39.0 Å². The van der Waals surface area contributed by atoms with Gasteiger partial charge in [-0.05, 0) is 19.3 Å². The van der Waals surface area contributed by atoms with Crippen molar-refractivity contribution in [2.45, 2.75) is 166 Å². The molecule has 0 bridgehead atoms. The van der Waals surface area contributed by atoms with Gasteiger partial charge in [0.15, 0.2) is 0 Å². The van der Waals surface area contributed by atoms with Gasteiger partial charge in [0.05, 0.1) is 17.9 Å². The number of hydrogen-bond acceptors (Lipinski definition) is 14. The zero-order chi connectivity index (χ0) is 39.3. The number of hydrogen-bond donors (Lipinski definition) is 6. The summed E-state index contributed by atoms with van der Waals surface area (Å²) in [5, 5.41) is 53.9. The molecule has 9 N–H and O–H groups in total. The van der Waals surface area contributed by atoms with E-state index < -0.39 is 53.9 Å². The Morgan fingerprint density at radius 2 is 0.679 bits per heavy atom. The zero-order valence-corrected chi connectivity index (χ0v) is 37.1. The van der Waals surface area contributed by atoms with Crippen molar-refractivity contribution < 1.29 is 129 Å². The molecule has 295 valence electrons. The van der Waals surface area contributed by atoms with Gasteiger partial charge in [0.2, 0.25) is 0 Å². The number of aliphatic carboxylic acids is 6. The Hall–Kier alpha value is -1.14. The van der Waals surface area contributed by atoms with Gasteiger partial charge in [0.25, 0.3) is 0 Å². The molecule has 0 rings (SSSR count). The molecule has 0 fully saturated rings. The van der Waals surface area contributed by atoms with Gasteiger partial charge in [-0.2, -0.15) is 0 Å². The smallest absolute Gasteiger partial charge is 1.00 e. The average Bonchev–Trinajstić information content (AvgIpc) is 3.03. The summed E-state index contributed by atoms with van der Waals surface area (Å²) in [6, 6.07) is -3.51. The topological polar surface area (TPSA) is 356 Å². The van der Waals surface area contributed by atoms with Gasteiger partial charge in [-0.25, -0.2) is 0 Å². The van der Waals surface area contributed by atoms with Crippen LogP contribution in [0.3, 0.4) is 0 Å². The van der Waals surface area contributed by atoms with E-state index >= 15 is 0 Å². The molecular formula is C33H59AlN3Na2O14. The second-order valence-electron chi connectivity index (χ2n) is 11.7. The van der Waals surface area contributed by atoms with Crippen LogP contribution in [0.15, 0.2) is 0 Å². The molecule has 0 spiro atoms. The van der Waals surface area contributed by atoms with Gasteiger partial charge in [0.1, 0.15) is 0 Å². The molecule has 0 aliphatic heterocycles. The van der Waals surface area contributed by atoms with E-state index in [1.807, 2.05) is 0 Å². The van der Waals surface area contributed by atoms with E-state index in [1.54, 1.807) is 0 Å². The van der Waals surface area contributed by atoms with Crippen molar-refractivity contribution >= 4 is 56.8 Å². The molecule has 0 saturated carbocycles. The van der Waals surface area contributed by atoms with Crippen LogP contribution in [-0.2, 0) is 39.0 Å². The number of nitrogens with two attached hydrogens (primary N) is 3. The quantitative estimate of drug-likeness (QED) is 0.0317. The van der Waals surface area contributed by atoms with Crippen molar-refractivity contribution in [1.29, 1.82) is 0 Å². The van der Waals surface area contributed by atoms with Crippen LogP contribution in [0.1, 0.15) is 148 Å². The summed E-state index contributed by atoms with van der Waals surface area (Å²) in [6.45, 7) is 2.28. The van der Waals surface area contributed by atoms with Gasteiger partial charge in [0, 0.05) is 37.4 Å². The zero-order valence-electron chi connectivity index (χ0n) is 31.9. The first kappa shape index (κ1) is 66.7. The van der Waals surface area contributed by atoms with Crippen LogP contribution in [-0.4, -0.2) is 90.2 Å². The number of carboxylic acid groups (broad SMARTS) is 6. The second kappa shape index (κ2) is 48.9. The molecule has 0 unspecified atom stereocenters. The molecular weight excluding hydrogens is 735 g/mol. The van der Waals surface area contributed by atoms with Crippen LogP contribution in [0.2, 0.25) is 0 Å². The van der Waals surface area contributed by atoms with E-state index in [2.05, 4.69) is 23.2 Å². The van der Waals surface area contributed by atoms with E-state index in [9.17, 15) is 48.9 Å². The first-order valence-corrected chi connectivity index (χ1v) is 17.8. The SMILES string of the molecule is CCCCCCCCCCCCCCCCC[C](=O)[Al+2].N[C@@H](CCC(=O)O)C(=O)[O-].N[C@@H](CCC(=O)O)C(=O)[O-].N[C@@H](CCC(=O)O)C(=O)[O-].[Na+].[Na+].[O-]. The number of unbranched alkanes of at least 4 members (excludes halogenated alkanes) is 14. The Bertz CT molecular complexity index is 872. The van der Waals surface area contributed by atoms with Crippen LogP contribution in [0, 0.1) is 0 Å². The minimum atomic E-state index is -1.42. The molecule has 1 radical (unpaired) electrons. The van der Waals surface area contributed by atoms with Crippen molar-refractivity contribution in [3.8, 4) is 0 Å². The van der Waals surface area contributed by atoms with Gasteiger partial charge in [-0.3, -0.25) is 14.4 Å². The maximum absolute atomic E-state index is 10.7. The van der Waals surface area contributed by atoms with Gasteiger partial charge < -0.3 is 67.7 Å². The van der Waals surface area contributed by atoms with Crippen molar-refractivity contribution in [2.24, 2.45) is 17.2 Å². The molecule has 0 aromatic rings. The van der Waals surface area contributed by atoms with Gasteiger partial charge in [-0.15, -0.1) is 0 Å². The van der Waals surface area contributed by atoms with E-state index in [0.717, 1.165) is 12.8 Å². The molecule has 3 atom stereocenters. The van der Waals surface area contributed by atoms with E-state index in [4.69, 9.17) is 32.5 Å². The minimum absolute atomic E-state index is 0. The molecule has 0 saturated heterocycles. The summed E-state index contributed by atoms with van der Waals surface area (Å²) < 4.78 is 0.264. The summed E-state index contributed by atoms with van der Waals surface area (Å²) in [4.78, 5) is 70.0. The monoisotopic (exact) mass is 794 g/mol. The molecule has 0 aliphatic carbocycles. The molecule has 20 heteroatoms. The minimum Gasteiger partial charge on any atom is -1.00 e. The van der Waals surface area contributed by atoms with Crippen molar-refractivity contribution in [3.05, 3.63) is 0 Å². The number of carbonyl (C=O) groups excluding carboxylic acids is 4. The fraction of sp³-hybridized carbons (Fsp3) is 0.788. The molecule has 0 aromatic heterocycles. The normalized spacial score (nSPS) is 11.2. The Kier molecular flexibility index (Phi) is 61.5. The first-order valence-electron chi connectivity index (χ1n) is 17.2. The molecule has 0 heterocycles. The maximum Gasteiger partial charge on any atom is 1.00 e. The Morgan fingerprint density at radius 3 is 0.849 bits per heavy atom. The van der Waals surface area contributed by atoms with E-state index in [1.165, 1.54) is 89.9 Å². The fourth-order valence-electron chi connectivity index (χ4n) is 3.86. The van der Waals surface area contributed by atoms with Gasteiger partial charge >= 0.3 is 173 Å². The van der Waals surface area contributed by atoms with E-state index in [-0.39, 0.29) is 108 Å². The third-order valence-corrected chi connectivity index (χ3v) is 7.23. The summed E-state index contributed by atoms with van der Waals surface area (Å²) in [7, 11) is 0. The molecule has 0 aromatic carbocycles. The average molecular weight is 795 g/mol. The summed E-state index contributed by atoms with van der Waals surface area (Å²) in [5.74, 6) is -7.42. The van der Waals surface area contributed by atoms with Crippen LogP contribution >= 0.6 is 0 Å². The summed E-state index contributed by atoms with van der Waals surface area (Å²) in [6.07, 6.45) is 20.5.